The number of thiazole rings is 1. The summed E-state index contributed by atoms with van der Waals surface area (Å²) < 4.78 is 12.6. The monoisotopic (exact) mass is 437 g/mol. The molecule has 2 amide bonds. The van der Waals surface area contributed by atoms with E-state index in [4.69, 9.17) is 9.47 Å². The predicted molar refractivity (Wildman–Crippen MR) is 112 cm³/mol. The van der Waals surface area contributed by atoms with Gasteiger partial charge in [0.1, 0.15) is 6.54 Å². The van der Waals surface area contributed by atoms with Gasteiger partial charge in [-0.1, -0.05) is 17.4 Å². The summed E-state index contributed by atoms with van der Waals surface area (Å²) in [6, 6.07) is 5.85. The number of nitrogens with zero attached hydrogens (tertiary/aromatic N) is 3. The van der Waals surface area contributed by atoms with Gasteiger partial charge in [-0.05, 0) is 24.6 Å². The summed E-state index contributed by atoms with van der Waals surface area (Å²) in [5.41, 5.74) is 1.91. The second-order valence-corrected chi connectivity index (χ2v) is 8.50. The number of thioether (sulfide) groups is 1. The average Bonchev–Trinajstić information content (AvgIpc) is 3.04. The van der Waals surface area contributed by atoms with Gasteiger partial charge in [0.05, 0.1) is 42.0 Å². The zero-order valence-corrected chi connectivity index (χ0v) is 18.0. The van der Waals surface area contributed by atoms with Crippen LogP contribution < -0.4 is 4.80 Å². The number of morpholine rings is 1. The van der Waals surface area contributed by atoms with Crippen molar-refractivity contribution < 1.29 is 23.9 Å². The molecule has 1 aromatic carbocycles. The first-order valence-corrected chi connectivity index (χ1v) is 11.1. The van der Waals surface area contributed by atoms with Crippen molar-refractivity contribution in [3.05, 3.63) is 28.6 Å². The lowest BCUT2D eigenvalue weighted by Gasteiger charge is -2.26. The normalized spacial score (nSPS) is 15.0. The van der Waals surface area contributed by atoms with Crippen LogP contribution in [0.15, 0.2) is 23.2 Å². The van der Waals surface area contributed by atoms with E-state index in [-0.39, 0.29) is 29.9 Å². The summed E-state index contributed by atoms with van der Waals surface area (Å²) in [6.07, 6.45) is 0. The number of fused-ring (bicyclic) bond motifs is 1. The number of hydrogen-bond donors (Lipinski definition) is 0. The second kappa shape index (κ2) is 10.0. The third-order valence-electron chi connectivity index (χ3n) is 4.39. The number of carbonyl (C=O) groups excluding carboxylic acids is 3. The van der Waals surface area contributed by atoms with Crippen LogP contribution in [0.4, 0.5) is 0 Å². The highest BCUT2D eigenvalue weighted by Gasteiger charge is 2.17. The molecule has 0 aliphatic carbocycles. The smallest absolute Gasteiger partial charge is 0.325 e. The van der Waals surface area contributed by atoms with Crippen LogP contribution in [0.25, 0.3) is 10.2 Å². The summed E-state index contributed by atoms with van der Waals surface area (Å²) in [4.78, 5) is 42.7. The molecule has 8 nitrogen and oxygen atoms in total. The summed E-state index contributed by atoms with van der Waals surface area (Å²) in [5.74, 6) is -0.420. The Kier molecular flexibility index (Phi) is 7.45. The number of aromatic nitrogens is 1. The predicted octanol–water partition coefficient (Wildman–Crippen LogP) is 1.20. The standard InChI is InChI=1S/C19H23N3O5S2/c1-13-3-4-14-15(9-13)29-19(22(14)10-18(25)26-2)20-16(23)11-28-12-17(24)21-5-7-27-8-6-21/h3-4,9H,5-8,10-12H2,1-2H3. The van der Waals surface area contributed by atoms with Crippen molar-refractivity contribution in [2.24, 2.45) is 4.99 Å². The van der Waals surface area contributed by atoms with Crippen LogP contribution in [-0.4, -0.2) is 72.2 Å². The molecular weight excluding hydrogens is 414 g/mol. The molecule has 156 valence electrons. The lowest BCUT2D eigenvalue weighted by atomic mass is 10.2. The highest BCUT2D eigenvalue weighted by Crippen LogP contribution is 2.19. The number of carbonyl (C=O) groups is 3. The maximum atomic E-state index is 12.4. The van der Waals surface area contributed by atoms with E-state index in [9.17, 15) is 14.4 Å². The lowest BCUT2D eigenvalue weighted by molar-refractivity contribution is -0.141. The van der Waals surface area contributed by atoms with Crippen molar-refractivity contribution in [3.8, 4) is 0 Å². The van der Waals surface area contributed by atoms with Crippen LogP contribution in [0.1, 0.15) is 5.56 Å². The van der Waals surface area contributed by atoms with Gasteiger partial charge in [0.15, 0.2) is 4.80 Å². The third kappa shape index (κ3) is 5.68. The molecule has 10 heteroatoms. The molecule has 0 N–H and O–H groups in total. The molecule has 1 aliphatic rings. The van der Waals surface area contributed by atoms with E-state index in [1.807, 2.05) is 25.1 Å². The Morgan fingerprint density at radius 3 is 2.72 bits per heavy atom. The van der Waals surface area contributed by atoms with E-state index in [0.29, 0.717) is 31.1 Å². The second-order valence-electron chi connectivity index (χ2n) is 6.51. The number of rotatable bonds is 6. The van der Waals surface area contributed by atoms with Crippen molar-refractivity contribution in [3.63, 3.8) is 0 Å². The van der Waals surface area contributed by atoms with Gasteiger partial charge in [0, 0.05) is 13.1 Å². The van der Waals surface area contributed by atoms with Crippen molar-refractivity contribution in [1.82, 2.24) is 9.47 Å². The first-order chi connectivity index (χ1) is 14.0. The summed E-state index contributed by atoms with van der Waals surface area (Å²) in [7, 11) is 1.33. The van der Waals surface area contributed by atoms with E-state index in [1.165, 1.54) is 30.2 Å². The Hall–Kier alpha value is -2.17. The number of aryl methyl sites for hydroxylation is 1. The molecule has 2 aromatic rings. The molecule has 1 fully saturated rings. The Labute approximate surface area is 176 Å². The van der Waals surface area contributed by atoms with E-state index >= 15 is 0 Å². The molecule has 0 bridgehead atoms. The Morgan fingerprint density at radius 1 is 1.24 bits per heavy atom. The zero-order chi connectivity index (χ0) is 20.8. The number of esters is 1. The molecule has 1 saturated heterocycles. The first kappa shape index (κ1) is 21.5. The molecule has 2 heterocycles. The molecule has 0 spiro atoms. The quantitative estimate of drug-likeness (QED) is 0.631. The zero-order valence-electron chi connectivity index (χ0n) is 16.4. The van der Waals surface area contributed by atoms with Crippen LogP contribution in [-0.2, 0) is 30.4 Å². The van der Waals surface area contributed by atoms with Crippen LogP contribution in [0.5, 0.6) is 0 Å². The Morgan fingerprint density at radius 2 is 2.00 bits per heavy atom. The van der Waals surface area contributed by atoms with Gasteiger partial charge in [-0.2, -0.15) is 4.99 Å². The van der Waals surface area contributed by atoms with E-state index in [1.54, 1.807) is 9.47 Å². The summed E-state index contributed by atoms with van der Waals surface area (Å²) in [5, 5.41) is 0. The molecule has 1 aromatic heterocycles. The van der Waals surface area contributed by atoms with E-state index in [2.05, 4.69) is 4.99 Å². The molecule has 0 unspecified atom stereocenters. The molecule has 3 rings (SSSR count). The van der Waals surface area contributed by atoms with Gasteiger partial charge in [0.25, 0.3) is 5.91 Å². The highest BCUT2D eigenvalue weighted by atomic mass is 32.2. The van der Waals surface area contributed by atoms with E-state index in [0.717, 1.165) is 15.8 Å². The fraction of sp³-hybridized carbons (Fsp3) is 0.474. The summed E-state index contributed by atoms with van der Waals surface area (Å²) >= 11 is 2.60. The van der Waals surface area contributed by atoms with Gasteiger partial charge < -0.3 is 18.9 Å². The molecule has 29 heavy (non-hydrogen) atoms. The molecule has 0 radical (unpaired) electrons. The minimum absolute atomic E-state index is 0.00388. The largest absolute Gasteiger partial charge is 0.468 e. The fourth-order valence-electron chi connectivity index (χ4n) is 2.88. The maximum absolute atomic E-state index is 12.4. The molecular formula is C19H23N3O5S2. The maximum Gasteiger partial charge on any atom is 0.325 e. The fourth-order valence-corrected chi connectivity index (χ4v) is 4.72. The Balaban J connectivity index is 1.70. The molecule has 1 aliphatic heterocycles. The number of methoxy groups -OCH3 is 1. The highest BCUT2D eigenvalue weighted by molar-refractivity contribution is 8.00. The third-order valence-corrected chi connectivity index (χ3v) is 6.33. The minimum Gasteiger partial charge on any atom is -0.468 e. The van der Waals surface area contributed by atoms with Gasteiger partial charge in [-0.15, -0.1) is 11.8 Å². The van der Waals surface area contributed by atoms with Crippen molar-refractivity contribution >= 4 is 51.1 Å². The van der Waals surface area contributed by atoms with Crippen LogP contribution in [0.3, 0.4) is 0 Å². The van der Waals surface area contributed by atoms with Crippen LogP contribution in [0.2, 0.25) is 0 Å². The molecule has 0 atom stereocenters. The topological polar surface area (TPSA) is 90.2 Å². The van der Waals surface area contributed by atoms with Crippen molar-refractivity contribution in [1.29, 1.82) is 0 Å². The van der Waals surface area contributed by atoms with Crippen molar-refractivity contribution in [2.75, 3.05) is 44.9 Å². The number of hydrogen-bond acceptors (Lipinski definition) is 7. The number of benzene rings is 1. The van der Waals surface area contributed by atoms with Gasteiger partial charge >= 0.3 is 5.97 Å². The van der Waals surface area contributed by atoms with Gasteiger partial charge in [-0.3, -0.25) is 14.4 Å². The Bertz CT molecular complexity index is 976. The average molecular weight is 438 g/mol. The van der Waals surface area contributed by atoms with Gasteiger partial charge in [0.2, 0.25) is 5.91 Å². The first-order valence-electron chi connectivity index (χ1n) is 9.15. The minimum atomic E-state index is -0.412. The van der Waals surface area contributed by atoms with Gasteiger partial charge in [-0.25, -0.2) is 0 Å². The summed E-state index contributed by atoms with van der Waals surface area (Å²) in [6.45, 7) is 4.24. The van der Waals surface area contributed by atoms with E-state index < -0.39 is 5.97 Å². The SMILES string of the molecule is COC(=O)Cn1c(=NC(=O)CSCC(=O)N2CCOCC2)sc2cc(C)ccc21. The van der Waals surface area contributed by atoms with Crippen molar-refractivity contribution in [2.45, 2.75) is 13.5 Å². The van der Waals surface area contributed by atoms with Crippen LogP contribution in [0, 0.1) is 6.92 Å². The lowest BCUT2D eigenvalue weighted by Crippen LogP contribution is -2.41. The number of ether oxygens (including phenoxy) is 2. The van der Waals surface area contributed by atoms with Crippen LogP contribution >= 0.6 is 23.1 Å². The number of amides is 2. The molecule has 0 saturated carbocycles.